The molecule has 2 fully saturated rings. The third-order valence-electron chi connectivity index (χ3n) is 9.13. The molecule has 4 aliphatic rings. The molecule has 7 rings (SSSR count). The highest BCUT2D eigenvalue weighted by Crippen LogP contribution is 2.48. The standard InChI is InChI=1S/C31H40N8O2S/c1-20-28-25(40)5-2-6-26(28)42-29(20)31(41)35-21-4-3-12-38(18-21)23-16-24(30-33-11-15-39(30)19-23)36-27-8-7-22(17-34-27)37-13-9-32-10-14-37/h7-8,11,15-17,19-21,25,29,32,40H,2-6,9-10,12-14,18H2,1H3,(H,34,36)(H,35,41). The number of amides is 1. The number of nitrogens with one attached hydrogen (secondary N) is 3. The van der Waals surface area contributed by atoms with Crippen LogP contribution in [-0.2, 0) is 4.79 Å². The summed E-state index contributed by atoms with van der Waals surface area (Å²) in [6.07, 6.45) is 12.2. The van der Waals surface area contributed by atoms with E-state index in [1.54, 1.807) is 11.8 Å². The van der Waals surface area contributed by atoms with Crippen molar-refractivity contribution < 1.29 is 9.90 Å². The molecule has 0 aromatic carbocycles. The lowest BCUT2D eigenvalue weighted by molar-refractivity contribution is -0.121. The Morgan fingerprint density at radius 1 is 1.10 bits per heavy atom. The van der Waals surface area contributed by atoms with Crippen molar-refractivity contribution in [2.24, 2.45) is 5.92 Å². The van der Waals surface area contributed by atoms with Gasteiger partial charge in [-0.1, -0.05) is 6.92 Å². The molecule has 3 aromatic rings. The molecule has 4 unspecified atom stereocenters. The zero-order chi connectivity index (χ0) is 28.6. The minimum absolute atomic E-state index is 0.0793. The number of piperidine rings is 1. The average molecular weight is 589 g/mol. The highest BCUT2D eigenvalue weighted by molar-refractivity contribution is 8.04. The molecule has 0 spiro atoms. The SMILES string of the molecule is CC1C2=C(CCCC2O)SC1C(=O)NC1CCCN(c2cc(Nc3ccc(N4CCNCC4)cn3)c3nccn3c2)C1. The number of aliphatic hydroxyl groups is 1. The first-order chi connectivity index (χ1) is 20.5. The van der Waals surface area contributed by atoms with Gasteiger partial charge in [-0.2, -0.15) is 0 Å². The number of hydrogen-bond donors (Lipinski definition) is 4. The number of aliphatic hydroxyl groups excluding tert-OH is 1. The Bertz CT molecular complexity index is 1470. The molecule has 4 N–H and O–H groups in total. The second kappa shape index (κ2) is 11.8. The Labute approximate surface area is 251 Å². The van der Waals surface area contributed by atoms with Crippen molar-refractivity contribution in [3.05, 3.63) is 53.5 Å². The summed E-state index contributed by atoms with van der Waals surface area (Å²) in [6.45, 7) is 7.75. The van der Waals surface area contributed by atoms with Gasteiger partial charge in [-0.25, -0.2) is 9.97 Å². The fourth-order valence-corrected chi connectivity index (χ4v) is 8.48. The number of carbonyl (C=O) groups is 1. The second-order valence-corrected chi connectivity index (χ2v) is 13.2. The molecular formula is C31H40N8O2S. The topological polar surface area (TPSA) is 110 Å². The molecule has 0 bridgehead atoms. The summed E-state index contributed by atoms with van der Waals surface area (Å²) in [6, 6.07) is 6.38. The lowest BCUT2D eigenvalue weighted by Crippen LogP contribution is -2.50. The van der Waals surface area contributed by atoms with Gasteiger partial charge in [0.25, 0.3) is 0 Å². The van der Waals surface area contributed by atoms with Gasteiger partial charge in [0.05, 0.1) is 34.6 Å². The molecule has 3 aliphatic heterocycles. The van der Waals surface area contributed by atoms with E-state index in [2.05, 4.69) is 56.0 Å². The largest absolute Gasteiger partial charge is 0.389 e. The van der Waals surface area contributed by atoms with Gasteiger partial charge < -0.3 is 35.3 Å². The quantitative estimate of drug-likeness (QED) is 0.344. The number of carbonyl (C=O) groups excluding carboxylic acids is 1. The average Bonchev–Trinajstić information content (AvgIpc) is 3.63. The lowest BCUT2D eigenvalue weighted by Gasteiger charge is -2.35. The predicted molar refractivity (Wildman–Crippen MR) is 169 cm³/mol. The van der Waals surface area contributed by atoms with E-state index < -0.39 is 0 Å². The lowest BCUT2D eigenvalue weighted by atomic mass is 9.86. The normalized spacial score (nSPS) is 26.4. The Balaban J connectivity index is 1.04. The van der Waals surface area contributed by atoms with Crippen LogP contribution in [0.1, 0.15) is 39.0 Å². The number of allylic oxidation sites excluding steroid dienone is 1. The van der Waals surface area contributed by atoms with Gasteiger partial charge in [0, 0.05) is 69.8 Å². The minimum Gasteiger partial charge on any atom is -0.389 e. The summed E-state index contributed by atoms with van der Waals surface area (Å²) < 4.78 is 2.05. The van der Waals surface area contributed by atoms with Gasteiger partial charge in [0.15, 0.2) is 5.65 Å². The third kappa shape index (κ3) is 5.45. The fourth-order valence-electron chi connectivity index (χ4n) is 6.93. The van der Waals surface area contributed by atoms with Crippen LogP contribution in [-0.4, -0.2) is 82.0 Å². The van der Waals surface area contributed by atoms with E-state index in [0.717, 1.165) is 105 Å². The third-order valence-corrected chi connectivity index (χ3v) is 10.7. The zero-order valence-corrected chi connectivity index (χ0v) is 24.9. The van der Waals surface area contributed by atoms with E-state index in [0.29, 0.717) is 0 Å². The van der Waals surface area contributed by atoms with Crippen molar-refractivity contribution in [3.63, 3.8) is 0 Å². The number of thioether (sulfide) groups is 1. The molecule has 222 valence electrons. The van der Waals surface area contributed by atoms with Crippen molar-refractivity contribution in [1.82, 2.24) is 25.0 Å². The zero-order valence-electron chi connectivity index (χ0n) is 24.1. The number of hydrogen-bond acceptors (Lipinski definition) is 9. The molecule has 1 aliphatic carbocycles. The number of piperazine rings is 1. The number of rotatable bonds is 6. The molecular weight excluding hydrogens is 548 g/mol. The first kappa shape index (κ1) is 27.5. The van der Waals surface area contributed by atoms with Crippen molar-refractivity contribution in [2.45, 2.75) is 56.4 Å². The van der Waals surface area contributed by atoms with Gasteiger partial charge in [0.2, 0.25) is 5.91 Å². The molecule has 3 aromatic heterocycles. The van der Waals surface area contributed by atoms with Crippen LogP contribution in [0.5, 0.6) is 0 Å². The molecule has 4 atom stereocenters. The van der Waals surface area contributed by atoms with Crippen molar-refractivity contribution in [1.29, 1.82) is 0 Å². The monoisotopic (exact) mass is 588 g/mol. The number of imidazole rings is 1. The second-order valence-electron chi connectivity index (χ2n) is 11.9. The van der Waals surface area contributed by atoms with Crippen LogP contribution in [0.2, 0.25) is 0 Å². The molecule has 6 heterocycles. The van der Waals surface area contributed by atoms with Crippen LogP contribution in [0.3, 0.4) is 0 Å². The van der Waals surface area contributed by atoms with Crippen LogP contribution < -0.4 is 25.8 Å². The van der Waals surface area contributed by atoms with Gasteiger partial charge in [-0.15, -0.1) is 11.8 Å². The van der Waals surface area contributed by atoms with Crippen LogP contribution in [0.15, 0.2) is 53.5 Å². The number of anilines is 4. The van der Waals surface area contributed by atoms with Crippen LogP contribution >= 0.6 is 11.8 Å². The number of fused-ring (bicyclic) bond motifs is 1. The van der Waals surface area contributed by atoms with E-state index in [4.69, 9.17) is 4.98 Å². The smallest absolute Gasteiger partial charge is 0.234 e. The van der Waals surface area contributed by atoms with Crippen LogP contribution in [0.4, 0.5) is 22.9 Å². The molecule has 1 amide bonds. The fraction of sp³-hybridized carbons (Fsp3) is 0.516. The van der Waals surface area contributed by atoms with Gasteiger partial charge >= 0.3 is 0 Å². The summed E-state index contributed by atoms with van der Waals surface area (Å²) in [4.78, 5) is 28.7. The predicted octanol–water partition coefficient (Wildman–Crippen LogP) is 3.52. The summed E-state index contributed by atoms with van der Waals surface area (Å²) in [5, 5.41) is 20.7. The van der Waals surface area contributed by atoms with E-state index in [-0.39, 0.29) is 29.2 Å². The van der Waals surface area contributed by atoms with Crippen LogP contribution in [0, 0.1) is 5.92 Å². The van der Waals surface area contributed by atoms with Gasteiger partial charge in [0.1, 0.15) is 5.82 Å². The molecule has 11 heteroatoms. The summed E-state index contributed by atoms with van der Waals surface area (Å²) in [5.41, 5.74) is 5.08. The Morgan fingerprint density at radius 3 is 2.79 bits per heavy atom. The summed E-state index contributed by atoms with van der Waals surface area (Å²) >= 11 is 1.68. The first-order valence-corrected chi connectivity index (χ1v) is 16.2. The Morgan fingerprint density at radius 2 is 1.98 bits per heavy atom. The maximum atomic E-state index is 13.4. The summed E-state index contributed by atoms with van der Waals surface area (Å²) in [7, 11) is 0. The Hall–Kier alpha value is -3.28. The van der Waals surface area contributed by atoms with E-state index in [1.807, 2.05) is 29.1 Å². The number of pyridine rings is 2. The Kier molecular flexibility index (Phi) is 7.72. The first-order valence-electron chi connectivity index (χ1n) is 15.3. The molecule has 0 radical (unpaired) electrons. The number of nitrogens with zero attached hydrogens (tertiary/aromatic N) is 5. The van der Waals surface area contributed by atoms with Crippen LogP contribution in [0.25, 0.3) is 5.65 Å². The van der Waals surface area contributed by atoms with Gasteiger partial charge in [-0.05, 0) is 60.8 Å². The molecule has 10 nitrogen and oxygen atoms in total. The number of aromatic nitrogens is 3. The molecule has 2 saturated heterocycles. The molecule has 42 heavy (non-hydrogen) atoms. The van der Waals surface area contributed by atoms with Crippen molar-refractivity contribution in [2.75, 3.05) is 54.4 Å². The highest BCUT2D eigenvalue weighted by atomic mass is 32.2. The van der Waals surface area contributed by atoms with E-state index in [1.165, 1.54) is 4.91 Å². The van der Waals surface area contributed by atoms with Crippen molar-refractivity contribution >= 4 is 46.2 Å². The van der Waals surface area contributed by atoms with E-state index >= 15 is 0 Å². The maximum Gasteiger partial charge on any atom is 0.234 e. The van der Waals surface area contributed by atoms with Gasteiger partial charge in [-0.3, -0.25) is 4.79 Å². The minimum atomic E-state index is -0.388. The molecule has 0 saturated carbocycles. The van der Waals surface area contributed by atoms with Crippen molar-refractivity contribution in [3.8, 4) is 0 Å². The maximum absolute atomic E-state index is 13.4. The highest BCUT2D eigenvalue weighted by Gasteiger charge is 2.41. The van der Waals surface area contributed by atoms with E-state index in [9.17, 15) is 9.90 Å². The summed E-state index contributed by atoms with van der Waals surface area (Å²) in [5.74, 6) is 0.963.